The van der Waals surface area contributed by atoms with Crippen LogP contribution in [0.25, 0.3) is 16.3 Å². The van der Waals surface area contributed by atoms with Gasteiger partial charge in [-0.15, -0.1) is 11.3 Å². The fourth-order valence-corrected chi connectivity index (χ4v) is 8.15. The van der Waals surface area contributed by atoms with Gasteiger partial charge >= 0.3 is 0 Å². The van der Waals surface area contributed by atoms with Crippen molar-refractivity contribution in [2.45, 2.75) is 16.2 Å². The first kappa shape index (κ1) is 32.0. The summed E-state index contributed by atoms with van der Waals surface area (Å²) in [5.41, 5.74) is 4.77. The molecular weight excluding hydrogens is 675 g/mol. The number of nitrogens with one attached hydrogen (secondary N) is 1. The number of carbonyl (C=O) groups excluding carboxylic acids is 2. The first-order valence-electron chi connectivity index (χ1n) is 15.0. The fourth-order valence-electron chi connectivity index (χ4n) is 5.00. The van der Waals surface area contributed by atoms with Crippen LogP contribution in [0.4, 0.5) is 22.7 Å². The minimum atomic E-state index is -0.432. The Kier molecular flexibility index (Phi) is 9.07. The second kappa shape index (κ2) is 13.9. The summed E-state index contributed by atoms with van der Waals surface area (Å²) < 4.78 is 1.45. The highest BCUT2D eigenvalue weighted by atomic mass is 32.2. The first-order chi connectivity index (χ1) is 23.8. The van der Waals surface area contributed by atoms with Gasteiger partial charge < -0.3 is 5.32 Å². The van der Waals surface area contributed by atoms with Crippen LogP contribution in [-0.4, -0.2) is 26.9 Å². The molecule has 6 aromatic rings. The van der Waals surface area contributed by atoms with Crippen LogP contribution >= 0.6 is 34.9 Å². The van der Waals surface area contributed by atoms with Gasteiger partial charge in [-0.2, -0.15) is 0 Å². The third kappa shape index (κ3) is 7.16. The van der Waals surface area contributed by atoms with E-state index in [9.17, 15) is 19.7 Å². The number of aliphatic imine (C=N–C) groups is 1. The number of nitro benzene ring substituents is 1. The molecule has 0 saturated carbocycles. The lowest BCUT2D eigenvalue weighted by molar-refractivity contribution is -0.387. The number of aromatic nitrogens is 1. The van der Waals surface area contributed by atoms with Crippen LogP contribution in [0.1, 0.15) is 21.5 Å². The molecule has 1 saturated heterocycles. The topological polar surface area (TPSA) is 118 Å². The molecule has 0 bridgehead atoms. The molecule has 0 spiro atoms. The maximum Gasteiger partial charge on any atom is 0.283 e. The van der Waals surface area contributed by atoms with Crippen molar-refractivity contribution in [3.8, 4) is 0 Å². The molecule has 2 heterocycles. The first-order valence-corrected chi connectivity index (χ1v) is 17.4. The molecule has 0 radical (unpaired) electrons. The number of nitro groups is 1. The number of amides is 2. The molecule has 12 heteroatoms. The van der Waals surface area contributed by atoms with E-state index in [0.29, 0.717) is 47.5 Å². The number of thioether (sulfide) groups is 1. The van der Waals surface area contributed by atoms with Gasteiger partial charge in [0.2, 0.25) is 0 Å². The zero-order valence-corrected chi connectivity index (χ0v) is 28.2. The van der Waals surface area contributed by atoms with Gasteiger partial charge in [-0.05, 0) is 91.0 Å². The van der Waals surface area contributed by atoms with Crippen LogP contribution in [0.3, 0.4) is 0 Å². The van der Waals surface area contributed by atoms with Crippen molar-refractivity contribution in [1.29, 1.82) is 0 Å². The van der Waals surface area contributed by atoms with Gasteiger partial charge in [0.1, 0.15) is 0 Å². The highest BCUT2D eigenvalue weighted by molar-refractivity contribution is 8.19. The van der Waals surface area contributed by atoms with Crippen LogP contribution in [-0.2, 0) is 4.79 Å². The van der Waals surface area contributed by atoms with Gasteiger partial charge in [0.25, 0.3) is 17.5 Å². The summed E-state index contributed by atoms with van der Waals surface area (Å²) >= 11 is 3.79. The van der Waals surface area contributed by atoms with Gasteiger partial charge in [0.05, 0.1) is 36.3 Å². The van der Waals surface area contributed by atoms with Crippen LogP contribution in [0.5, 0.6) is 0 Å². The number of hydrogen-bond donors (Lipinski definition) is 1. The van der Waals surface area contributed by atoms with Gasteiger partial charge in [-0.1, -0.05) is 71.9 Å². The Morgan fingerprint density at radius 2 is 1.67 bits per heavy atom. The monoisotopic (exact) mass is 699 g/mol. The van der Waals surface area contributed by atoms with Crippen LogP contribution in [0.15, 0.2) is 140 Å². The zero-order valence-electron chi connectivity index (χ0n) is 25.8. The second-order valence-electron chi connectivity index (χ2n) is 10.9. The molecule has 240 valence electrons. The molecule has 1 N–H and O–H groups in total. The molecule has 1 fully saturated rings. The summed E-state index contributed by atoms with van der Waals surface area (Å²) in [6, 6.07) is 36.3. The number of hydrogen-bond acceptors (Lipinski definition) is 9. The fraction of sp³-hybridized carbons (Fsp3) is 0.0270. The van der Waals surface area contributed by atoms with Gasteiger partial charge in [-0.3, -0.25) is 24.6 Å². The Morgan fingerprint density at radius 3 is 2.41 bits per heavy atom. The van der Waals surface area contributed by atoms with Crippen molar-refractivity contribution in [2.24, 2.45) is 4.99 Å². The summed E-state index contributed by atoms with van der Waals surface area (Å²) in [4.78, 5) is 49.9. The maximum absolute atomic E-state index is 13.7. The van der Waals surface area contributed by atoms with E-state index in [4.69, 9.17) is 4.99 Å². The summed E-state index contributed by atoms with van der Waals surface area (Å²) in [5.74, 6) is -0.481. The maximum atomic E-state index is 13.7. The number of benzene rings is 5. The normalized spacial score (nSPS) is 14.6. The number of amidine groups is 1. The predicted octanol–water partition coefficient (Wildman–Crippen LogP) is 9.73. The Balaban J connectivity index is 1.13. The van der Waals surface area contributed by atoms with E-state index in [1.807, 2.05) is 91.9 Å². The van der Waals surface area contributed by atoms with Gasteiger partial charge in [-0.25, -0.2) is 9.98 Å². The van der Waals surface area contributed by atoms with Gasteiger partial charge in [0, 0.05) is 17.3 Å². The minimum absolute atomic E-state index is 0.0989. The Hall–Kier alpha value is -5.56. The number of para-hydroxylation sites is 2. The average molecular weight is 700 g/mol. The Bertz CT molecular complexity index is 2290. The SMILES string of the molecule is Cc1ccc(C(=O)Nc2ccc3nc(Sc4ccc(/C=C5\SC(=Nc6ccccc6)N(c6ccccc6)C5=O)cc4[N+](=O)[O-])sc3c2)cc1. The van der Waals surface area contributed by atoms with E-state index in [-0.39, 0.29) is 17.5 Å². The van der Waals surface area contributed by atoms with Crippen LogP contribution in [0, 0.1) is 17.0 Å². The molecule has 0 atom stereocenters. The average Bonchev–Trinajstić information content (AvgIpc) is 3.64. The summed E-state index contributed by atoms with van der Waals surface area (Å²) in [5, 5.41) is 15.6. The minimum Gasteiger partial charge on any atom is -0.322 e. The Morgan fingerprint density at radius 1 is 0.939 bits per heavy atom. The smallest absolute Gasteiger partial charge is 0.283 e. The highest BCUT2D eigenvalue weighted by Crippen LogP contribution is 2.41. The molecule has 49 heavy (non-hydrogen) atoms. The van der Waals surface area contributed by atoms with E-state index in [1.165, 1.54) is 40.9 Å². The van der Waals surface area contributed by atoms with E-state index >= 15 is 0 Å². The van der Waals surface area contributed by atoms with Crippen LogP contribution in [0.2, 0.25) is 0 Å². The molecule has 2 amide bonds. The molecule has 1 aliphatic heterocycles. The number of nitrogens with zero attached hydrogens (tertiary/aromatic N) is 4. The number of anilines is 2. The van der Waals surface area contributed by atoms with E-state index in [1.54, 1.807) is 41.3 Å². The molecule has 0 aliphatic carbocycles. The standard InChI is InChI=1S/C37H25N5O4S3/c1-23-12-15-25(16-13-23)34(43)38-27-17-18-29-32(22-27)49-37(40-29)48-31-19-14-24(20-30(31)42(45)46)21-33-35(44)41(28-10-6-3-7-11-28)36(47-33)39-26-8-4-2-5-9-26/h2-22H,1H3,(H,38,43)/b33-21-,39-36?. The summed E-state index contributed by atoms with van der Waals surface area (Å²) in [6.45, 7) is 1.96. The predicted molar refractivity (Wildman–Crippen MR) is 199 cm³/mol. The third-order valence-electron chi connectivity index (χ3n) is 7.42. The quantitative estimate of drug-likeness (QED) is 0.0955. The van der Waals surface area contributed by atoms with E-state index in [0.717, 1.165) is 15.8 Å². The third-order valence-corrected chi connectivity index (χ3v) is 10.5. The summed E-state index contributed by atoms with van der Waals surface area (Å²) in [6.07, 6.45) is 1.65. The molecule has 7 rings (SSSR count). The van der Waals surface area contributed by atoms with E-state index in [2.05, 4.69) is 10.3 Å². The van der Waals surface area contributed by atoms with Crippen molar-refractivity contribution >= 4 is 90.9 Å². The van der Waals surface area contributed by atoms with Crippen molar-refractivity contribution in [3.63, 3.8) is 0 Å². The molecule has 1 aromatic heterocycles. The lowest BCUT2D eigenvalue weighted by Crippen LogP contribution is -2.28. The van der Waals surface area contributed by atoms with Gasteiger partial charge in [0.15, 0.2) is 9.51 Å². The van der Waals surface area contributed by atoms with Crippen molar-refractivity contribution in [1.82, 2.24) is 4.98 Å². The molecule has 1 aliphatic rings. The van der Waals surface area contributed by atoms with E-state index < -0.39 is 4.92 Å². The largest absolute Gasteiger partial charge is 0.322 e. The highest BCUT2D eigenvalue weighted by Gasteiger charge is 2.35. The summed E-state index contributed by atoms with van der Waals surface area (Å²) in [7, 11) is 0. The number of thiazole rings is 1. The number of aryl methyl sites for hydroxylation is 1. The lowest BCUT2D eigenvalue weighted by Gasteiger charge is -2.15. The molecular formula is C37H25N5O4S3. The lowest BCUT2D eigenvalue weighted by atomic mass is 10.1. The number of rotatable bonds is 8. The molecule has 5 aromatic carbocycles. The zero-order chi connectivity index (χ0) is 33.9. The second-order valence-corrected chi connectivity index (χ2v) is 14.2. The van der Waals surface area contributed by atoms with Crippen LogP contribution < -0.4 is 10.2 Å². The Labute approximate surface area is 293 Å². The number of fused-ring (bicyclic) bond motifs is 1. The van der Waals surface area contributed by atoms with Crippen molar-refractivity contribution in [2.75, 3.05) is 10.2 Å². The van der Waals surface area contributed by atoms with Crippen molar-refractivity contribution in [3.05, 3.63) is 153 Å². The molecule has 0 unspecified atom stereocenters. The molecule has 9 nitrogen and oxygen atoms in total. The van der Waals surface area contributed by atoms with Crippen molar-refractivity contribution < 1.29 is 14.5 Å². The number of carbonyl (C=O) groups is 2.